The van der Waals surface area contributed by atoms with Crippen LogP contribution in [0.1, 0.15) is 184 Å². The van der Waals surface area contributed by atoms with Gasteiger partial charge < -0.3 is 14.2 Å². The van der Waals surface area contributed by atoms with Gasteiger partial charge in [-0.2, -0.15) is 0 Å². The molecule has 3 heterocycles. The van der Waals surface area contributed by atoms with Gasteiger partial charge >= 0.3 is 0 Å². The number of anilines is 6. The van der Waals surface area contributed by atoms with E-state index in [9.17, 15) is 0 Å². The van der Waals surface area contributed by atoms with Crippen molar-refractivity contribution in [3.63, 3.8) is 0 Å². The smallest absolute Gasteiger partial charge is 0.252 e. The molecule has 3 nitrogen and oxygen atoms in total. The minimum absolute atomic E-state index is 0.0323. The number of hydrogen-bond acceptors (Lipinski definition) is 3. The highest BCUT2D eigenvalue weighted by molar-refractivity contribution is 7.00. The van der Waals surface area contributed by atoms with Crippen LogP contribution in [0.2, 0.25) is 0 Å². The van der Waals surface area contributed by atoms with E-state index in [-0.39, 0.29) is 44.6 Å². The van der Waals surface area contributed by atoms with Crippen LogP contribution in [0.4, 0.5) is 34.1 Å². The SMILES string of the molecule is CC(C)(C)c1ccc(-c2ccc3oc4ccccc4c3c2N2c3cc(-c4cc(C(C)(C)C)cc(C(C)(C)C)c4)ccc3B3c4ccc(-c5cc(C(C)(C)C)cc(C(C)(C)C)c5)cc4N(c4c(-c5ccccc5)cc(C(C)(C)C)cc4-c4ccccc4)c4cc(C(C)(C)C)cc2c43)cc1. The molecule has 0 spiro atoms. The highest BCUT2D eigenvalue weighted by Crippen LogP contribution is 2.56. The lowest BCUT2D eigenvalue weighted by molar-refractivity contribution is 0.568. The summed E-state index contributed by atoms with van der Waals surface area (Å²) in [7, 11) is 0. The Morgan fingerprint density at radius 2 is 0.622 bits per heavy atom. The standard InChI is InChI=1S/C94H99BN2O/c1-88(2,3)65-40-36-60(37-41-65)72-42-45-83-84(73-34-28-29-35-82(73)98-83)87(72)97-79-51-62(64-48-68(91(10,11)12)53-69(49-64)92(13,14)15)39-44-77(79)95-76-43-38-61(63-46-66(89(4,5)6)52-67(47-63)90(7,8)9)50-78(76)96(80-56-71(94(19,20)21)57-81(97)85(80)95)86-74(58-30-24-22-25-31-58)54-70(93(16,17)18)55-75(86)59-32-26-23-27-33-59/h22-57H,1-21H3. The van der Waals surface area contributed by atoms with Crippen molar-refractivity contribution < 1.29 is 4.42 Å². The van der Waals surface area contributed by atoms with Crippen molar-refractivity contribution in [3.8, 4) is 55.6 Å². The Kier molecular flexibility index (Phi) is 15.7. The third-order valence-electron chi connectivity index (χ3n) is 21.1. The molecule has 0 aliphatic carbocycles. The van der Waals surface area contributed by atoms with Gasteiger partial charge in [0.1, 0.15) is 11.2 Å². The highest BCUT2D eigenvalue weighted by atomic mass is 16.3. The molecule has 2 aliphatic rings. The van der Waals surface area contributed by atoms with Crippen molar-refractivity contribution in [1.29, 1.82) is 0 Å². The number of hydrogen-bond donors (Lipinski definition) is 0. The van der Waals surface area contributed by atoms with E-state index in [1.54, 1.807) is 0 Å². The maximum atomic E-state index is 7.08. The van der Waals surface area contributed by atoms with Gasteiger partial charge in [-0.25, -0.2) is 0 Å². The first-order valence-electron chi connectivity index (χ1n) is 35.7. The Bertz CT molecular complexity index is 4980. The minimum atomic E-state index is -0.309. The number of nitrogens with zero attached hydrogens (tertiary/aromatic N) is 2. The van der Waals surface area contributed by atoms with Gasteiger partial charge in [-0.15, -0.1) is 0 Å². The molecule has 0 atom stereocenters. The van der Waals surface area contributed by atoms with Gasteiger partial charge in [-0.3, -0.25) is 0 Å². The lowest BCUT2D eigenvalue weighted by Crippen LogP contribution is -2.61. The fourth-order valence-electron chi connectivity index (χ4n) is 15.0. The molecule has 98 heavy (non-hydrogen) atoms. The predicted octanol–water partition coefficient (Wildman–Crippen LogP) is 25.1. The quantitative estimate of drug-likeness (QED) is 0.148. The molecular formula is C94H99BN2O. The third-order valence-corrected chi connectivity index (χ3v) is 21.1. The second-order valence-electron chi connectivity index (χ2n) is 35.6. The lowest BCUT2D eigenvalue weighted by atomic mass is 9.33. The Morgan fingerprint density at radius 1 is 0.255 bits per heavy atom. The molecular weight excluding hydrogens is 1180 g/mol. The van der Waals surface area contributed by atoms with E-state index in [0.717, 1.165) is 55.8 Å². The number of benzene rings is 11. The topological polar surface area (TPSA) is 19.6 Å². The van der Waals surface area contributed by atoms with Gasteiger partial charge in [-0.05, 0) is 187 Å². The maximum Gasteiger partial charge on any atom is 0.252 e. The van der Waals surface area contributed by atoms with Crippen LogP contribution >= 0.6 is 0 Å². The third kappa shape index (κ3) is 11.8. The summed E-state index contributed by atoms with van der Waals surface area (Å²) in [6, 6.07) is 85.1. The van der Waals surface area contributed by atoms with Crippen LogP contribution < -0.4 is 26.2 Å². The first-order valence-corrected chi connectivity index (χ1v) is 35.7. The fraction of sp³-hybridized carbons (Fsp3) is 0.298. The predicted molar refractivity (Wildman–Crippen MR) is 426 cm³/mol. The van der Waals surface area contributed by atoms with Crippen molar-refractivity contribution in [3.05, 3.63) is 257 Å². The van der Waals surface area contributed by atoms with Crippen LogP contribution in [0.5, 0.6) is 0 Å². The summed E-state index contributed by atoms with van der Waals surface area (Å²) in [5.41, 5.74) is 32.5. The molecule has 14 rings (SSSR count). The Morgan fingerprint density at radius 3 is 1.05 bits per heavy atom. The molecule has 0 amide bonds. The second kappa shape index (κ2) is 23.3. The van der Waals surface area contributed by atoms with Crippen LogP contribution in [0, 0.1) is 0 Å². The van der Waals surface area contributed by atoms with Gasteiger partial charge in [0.2, 0.25) is 0 Å². The molecule has 0 unspecified atom stereocenters. The fourth-order valence-corrected chi connectivity index (χ4v) is 15.0. The molecule has 0 fully saturated rings. The zero-order valence-corrected chi connectivity index (χ0v) is 62.2. The number of rotatable bonds is 7. The number of para-hydroxylation sites is 1. The lowest BCUT2D eigenvalue weighted by Gasteiger charge is -2.46. The Hall–Kier alpha value is -9.12. The summed E-state index contributed by atoms with van der Waals surface area (Å²) in [5, 5.41) is 2.18. The van der Waals surface area contributed by atoms with E-state index in [1.807, 2.05) is 0 Å². The van der Waals surface area contributed by atoms with Crippen LogP contribution in [-0.4, -0.2) is 6.71 Å². The molecule has 4 heteroatoms. The molecule has 0 bridgehead atoms. The monoisotopic (exact) mass is 1280 g/mol. The van der Waals surface area contributed by atoms with Gasteiger partial charge in [0.15, 0.2) is 0 Å². The molecule has 1 aromatic heterocycles. The van der Waals surface area contributed by atoms with E-state index >= 15 is 0 Å². The first kappa shape index (κ1) is 66.1. The van der Waals surface area contributed by atoms with E-state index < -0.39 is 0 Å². The number of furan rings is 1. The molecule has 11 aromatic carbocycles. The van der Waals surface area contributed by atoms with Gasteiger partial charge in [0.25, 0.3) is 6.71 Å². The van der Waals surface area contributed by atoms with Crippen molar-refractivity contribution >= 4 is 79.2 Å². The minimum Gasteiger partial charge on any atom is -0.456 e. The van der Waals surface area contributed by atoms with Gasteiger partial charge in [-0.1, -0.05) is 309 Å². The second-order valence-corrected chi connectivity index (χ2v) is 35.6. The van der Waals surface area contributed by atoms with Gasteiger partial charge in [0.05, 0.1) is 16.8 Å². The summed E-state index contributed by atoms with van der Waals surface area (Å²) in [4.78, 5) is 5.45. The molecule has 0 N–H and O–H groups in total. The Balaban J connectivity index is 1.19. The Labute approximate surface area is 586 Å². The summed E-state index contributed by atoms with van der Waals surface area (Å²) < 4.78 is 7.08. The highest BCUT2D eigenvalue weighted by Gasteiger charge is 2.47. The van der Waals surface area contributed by atoms with Crippen molar-refractivity contribution in [2.24, 2.45) is 0 Å². The van der Waals surface area contributed by atoms with E-state index in [2.05, 4.69) is 374 Å². The summed E-state index contributed by atoms with van der Waals surface area (Å²) >= 11 is 0. The average Bonchev–Trinajstić information content (AvgIpc) is 0.758. The van der Waals surface area contributed by atoms with E-state index in [0.29, 0.717) is 0 Å². The summed E-state index contributed by atoms with van der Waals surface area (Å²) in [5.74, 6) is 0. The number of fused-ring (bicyclic) bond motifs is 7. The van der Waals surface area contributed by atoms with Crippen molar-refractivity contribution in [2.75, 3.05) is 9.80 Å². The molecule has 12 aromatic rings. The van der Waals surface area contributed by atoms with Crippen LogP contribution in [0.15, 0.2) is 223 Å². The van der Waals surface area contributed by atoms with Crippen LogP contribution in [0.25, 0.3) is 77.6 Å². The largest absolute Gasteiger partial charge is 0.456 e. The zero-order chi connectivity index (χ0) is 69.7. The van der Waals surface area contributed by atoms with Crippen LogP contribution in [0.3, 0.4) is 0 Å². The maximum absolute atomic E-state index is 7.08. The van der Waals surface area contributed by atoms with Crippen molar-refractivity contribution in [2.45, 2.75) is 183 Å². The van der Waals surface area contributed by atoms with E-state index in [4.69, 9.17) is 4.42 Å². The van der Waals surface area contributed by atoms with Gasteiger partial charge in [0, 0.05) is 44.8 Å². The van der Waals surface area contributed by atoms with E-state index in [1.165, 1.54) is 111 Å². The first-order chi connectivity index (χ1) is 46.0. The molecule has 0 saturated heterocycles. The average molecular weight is 1280 g/mol. The molecule has 2 aliphatic heterocycles. The molecule has 0 radical (unpaired) electrons. The molecule has 494 valence electrons. The summed E-state index contributed by atoms with van der Waals surface area (Å²) in [6.07, 6.45) is 0. The van der Waals surface area contributed by atoms with Crippen LogP contribution in [-0.2, 0) is 37.9 Å². The summed E-state index contributed by atoms with van der Waals surface area (Å²) in [6.45, 7) is 49.2. The zero-order valence-electron chi connectivity index (χ0n) is 62.2. The molecule has 0 saturated carbocycles. The normalized spacial score (nSPS) is 13.7. The van der Waals surface area contributed by atoms with Crippen molar-refractivity contribution in [1.82, 2.24) is 0 Å².